The summed E-state index contributed by atoms with van der Waals surface area (Å²) in [7, 11) is 0. The third kappa shape index (κ3) is 1.47. The minimum absolute atomic E-state index is 0.133. The summed E-state index contributed by atoms with van der Waals surface area (Å²) in [4.78, 5) is 11.8. The molecule has 0 fully saturated rings. The fourth-order valence-electron chi connectivity index (χ4n) is 2.12. The smallest absolute Gasteiger partial charge is 0.323 e. The van der Waals surface area contributed by atoms with Crippen LogP contribution in [-0.4, -0.2) is 5.97 Å². The SMILES string of the molecule is O=C1Oc2ccccc2C1c1ccccc1[O-]. The van der Waals surface area contributed by atoms with Crippen molar-refractivity contribution < 1.29 is 14.6 Å². The van der Waals surface area contributed by atoms with E-state index >= 15 is 0 Å². The number of fused-ring (bicyclic) bond motifs is 1. The van der Waals surface area contributed by atoms with Crippen molar-refractivity contribution in [2.24, 2.45) is 0 Å². The summed E-state index contributed by atoms with van der Waals surface area (Å²) in [6.45, 7) is 0. The van der Waals surface area contributed by atoms with Crippen molar-refractivity contribution in [1.29, 1.82) is 0 Å². The van der Waals surface area contributed by atoms with Crippen LogP contribution in [0.4, 0.5) is 0 Å². The molecule has 0 aromatic heterocycles. The molecule has 0 N–H and O–H groups in total. The molecule has 2 aromatic carbocycles. The molecule has 3 nitrogen and oxygen atoms in total. The maximum absolute atomic E-state index is 11.8. The Morgan fingerprint density at radius 2 is 1.59 bits per heavy atom. The molecule has 0 saturated carbocycles. The minimum atomic E-state index is -0.583. The van der Waals surface area contributed by atoms with Crippen LogP contribution in [0.2, 0.25) is 0 Å². The molecular weight excluding hydrogens is 216 g/mol. The van der Waals surface area contributed by atoms with Crippen LogP contribution in [0.1, 0.15) is 17.0 Å². The number of benzene rings is 2. The summed E-state index contributed by atoms with van der Waals surface area (Å²) in [6, 6.07) is 13.7. The molecule has 0 amide bonds. The van der Waals surface area contributed by atoms with Crippen molar-refractivity contribution in [2.45, 2.75) is 5.92 Å². The van der Waals surface area contributed by atoms with Gasteiger partial charge < -0.3 is 9.84 Å². The van der Waals surface area contributed by atoms with Gasteiger partial charge in [-0.15, -0.1) is 5.75 Å². The Hall–Kier alpha value is -2.29. The molecule has 3 rings (SSSR count). The van der Waals surface area contributed by atoms with E-state index in [1.165, 1.54) is 6.07 Å². The van der Waals surface area contributed by atoms with Crippen LogP contribution in [-0.2, 0) is 4.79 Å². The molecule has 0 spiro atoms. The zero-order valence-electron chi connectivity index (χ0n) is 8.92. The number of hydrogen-bond acceptors (Lipinski definition) is 3. The Balaban J connectivity index is 2.16. The summed E-state index contributed by atoms with van der Waals surface area (Å²) in [5, 5.41) is 11.8. The van der Waals surface area contributed by atoms with Gasteiger partial charge in [-0.25, -0.2) is 0 Å². The predicted molar refractivity (Wildman–Crippen MR) is 59.8 cm³/mol. The predicted octanol–water partition coefficient (Wildman–Crippen LogP) is 1.81. The highest BCUT2D eigenvalue weighted by Crippen LogP contribution is 2.40. The van der Waals surface area contributed by atoms with Gasteiger partial charge in [0.05, 0.1) is 0 Å². The lowest BCUT2D eigenvalue weighted by molar-refractivity contribution is -0.269. The largest absolute Gasteiger partial charge is 0.872 e. The van der Waals surface area contributed by atoms with Crippen LogP contribution in [0.3, 0.4) is 0 Å². The lowest BCUT2D eigenvalue weighted by Gasteiger charge is -2.16. The van der Waals surface area contributed by atoms with Crippen LogP contribution in [0.25, 0.3) is 0 Å². The van der Waals surface area contributed by atoms with Crippen LogP contribution in [0, 0.1) is 0 Å². The molecule has 1 aliphatic rings. The number of hydrogen-bond donors (Lipinski definition) is 0. The van der Waals surface area contributed by atoms with E-state index < -0.39 is 5.92 Å². The summed E-state index contributed by atoms with van der Waals surface area (Å²) in [5.41, 5.74) is 1.24. The number of esters is 1. The van der Waals surface area contributed by atoms with Gasteiger partial charge in [0.1, 0.15) is 11.7 Å². The first-order chi connectivity index (χ1) is 8.27. The van der Waals surface area contributed by atoms with E-state index in [4.69, 9.17) is 4.74 Å². The summed E-state index contributed by atoms with van der Waals surface area (Å²) in [5.74, 6) is -0.550. The van der Waals surface area contributed by atoms with Crippen LogP contribution in [0.5, 0.6) is 11.5 Å². The molecule has 84 valence electrons. The van der Waals surface area contributed by atoms with Gasteiger partial charge in [0.25, 0.3) is 0 Å². The molecule has 2 aromatic rings. The highest BCUT2D eigenvalue weighted by molar-refractivity contribution is 5.90. The first-order valence-corrected chi connectivity index (χ1v) is 5.34. The number of carbonyl (C=O) groups is 1. The van der Waals surface area contributed by atoms with E-state index in [1.54, 1.807) is 30.3 Å². The van der Waals surface area contributed by atoms with Crippen molar-refractivity contribution in [1.82, 2.24) is 0 Å². The Labute approximate surface area is 98.3 Å². The fraction of sp³-hybridized carbons (Fsp3) is 0.0714. The molecule has 1 aliphatic heterocycles. The molecule has 3 heteroatoms. The van der Waals surface area contributed by atoms with E-state index in [0.717, 1.165) is 5.56 Å². The first-order valence-electron chi connectivity index (χ1n) is 5.34. The van der Waals surface area contributed by atoms with Gasteiger partial charge in [-0.1, -0.05) is 42.5 Å². The van der Waals surface area contributed by atoms with E-state index in [9.17, 15) is 9.90 Å². The van der Waals surface area contributed by atoms with Gasteiger partial charge in [-0.2, -0.15) is 0 Å². The van der Waals surface area contributed by atoms with Gasteiger partial charge in [-0.3, -0.25) is 4.79 Å². The monoisotopic (exact) mass is 225 g/mol. The number of rotatable bonds is 1. The quantitative estimate of drug-likeness (QED) is 0.549. The molecule has 0 bridgehead atoms. The van der Waals surface area contributed by atoms with E-state index in [-0.39, 0.29) is 11.7 Å². The van der Waals surface area contributed by atoms with Crippen molar-refractivity contribution in [3.05, 3.63) is 59.7 Å². The maximum atomic E-state index is 11.8. The van der Waals surface area contributed by atoms with Crippen molar-refractivity contribution >= 4 is 5.97 Å². The average Bonchev–Trinajstić information content (AvgIpc) is 2.66. The molecule has 0 saturated heterocycles. The third-order valence-electron chi connectivity index (χ3n) is 2.91. The van der Waals surface area contributed by atoms with Gasteiger partial charge in [0, 0.05) is 5.56 Å². The Morgan fingerprint density at radius 1 is 0.941 bits per heavy atom. The Kier molecular flexibility index (Phi) is 2.11. The standard InChI is InChI=1S/C14H10O3/c15-11-7-3-1-5-9(11)13-10-6-2-4-8-12(10)17-14(13)16/h1-8,13,15H/p-1. The van der Waals surface area contributed by atoms with Crippen molar-refractivity contribution in [3.63, 3.8) is 0 Å². The van der Waals surface area contributed by atoms with E-state index in [2.05, 4.69) is 0 Å². The molecule has 1 unspecified atom stereocenters. The molecule has 1 heterocycles. The van der Waals surface area contributed by atoms with Crippen LogP contribution >= 0.6 is 0 Å². The molecule has 17 heavy (non-hydrogen) atoms. The number of ether oxygens (including phenoxy) is 1. The van der Waals surface area contributed by atoms with E-state index in [1.807, 2.05) is 12.1 Å². The summed E-state index contributed by atoms with van der Waals surface area (Å²) >= 11 is 0. The number of carbonyl (C=O) groups excluding carboxylic acids is 1. The second-order valence-corrected chi connectivity index (χ2v) is 3.93. The molecular formula is C14H9O3-. The van der Waals surface area contributed by atoms with E-state index in [0.29, 0.717) is 11.3 Å². The van der Waals surface area contributed by atoms with Crippen LogP contribution < -0.4 is 9.84 Å². The third-order valence-corrected chi connectivity index (χ3v) is 2.91. The van der Waals surface area contributed by atoms with Crippen molar-refractivity contribution in [2.75, 3.05) is 0 Å². The molecule has 0 aliphatic carbocycles. The summed E-state index contributed by atoms with van der Waals surface area (Å²) < 4.78 is 5.15. The second kappa shape index (κ2) is 3.63. The zero-order chi connectivity index (χ0) is 11.8. The maximum Gasteiger partial charge on any atom is 0.323 e. The topological polar surface area (TPSA) is 49.4 Å². The molecule has 1 atom stereocenters. The first kappa shape index (κ1) is 9.90. The number of para-hydroxylation sites is 2. The normalized spacial score (nSPS) is 17.6. The fourth-order valence-corrected chi connectivity index (χ4v) is 2.12. The average molecular weight is 225 g/mol. The summed E-state index contributed by atoms with van der Waals surface area (Å²) in [6.07, 6.45) is 0. The van der Waals surface area contributed by atoms with Gasteiger partial charge in [0.15, 0.2) is 0 Å². The highest BCUT2D eigenvalue weighted by atomic mass is 16.5. The Bertz CT molecular complexity index is 590. The van der Waals surface area contributed by atoms with Crippen LogP contribution in [0.15, 0.2) is 48.5 Å². The van der Waals surface area contributed by atoms with Crippen molar-refractivity contribution in [3.8, 4) is 11.5 Å². The molecule has 0 radical (unpaired) electrons. The highest BCUT2D eigenvalue weighted by Gasteiger charge is 2.34. The Morgan fingerprint density at radius 3 is 2.35 bits per heavy atom. The van der Waals surface area contributed by atoms with Gasteiger partial charge in [-0.05, 0) is 11.6 Å². The lowest BCUT2D eigenvalue weighted by atomic mass is 9.92. The minimum Gasteiger partial charge on any atom is -0.872 e. The lowest BCUT2D eigenvalue weighted by Crippen LogP contribution is -2.13. The zero-order valence-corrected chi connectivity index (χ0v) is 8.92. The van der Waals surface area contributed by atoms with Gasteiger partial charge >= 0.3 is 5.97 Å². The van der Waals surface area contributed by atoms with Gasteiger partial charge in [0.2, 0.25) is 0 Å². The second-order valence-electron chi connectivity index (χ2n) is 3.93.